The molecule has 0 spiro atoms. The van der Waals surface area contributed by atoms with E-state index in [4.69, 9.17) is 0 Å². The molecule has 19 heavy (non-hydrogen) atoms. The third kappa shape index (κ3) is 2.62. The van der Waals surface area contributed by atoms with Crippen LogP contribution in [0.3, 0.4) is 0 Å². The number of rotatable bonds is 2. The first kappa shape index (κ1) is 12.6. The number of fused-ring (bicyclic) bond motifs is 1. The quantitative estimate of drug-likeness (QED) is 0.885. The highest BCUT2D eigenvalue weighted by molar-refractivity contribution is 7.20. The molecule has 4 nitrogen and oxygen atoms in total. The summed E-state index contributed by atoms with van der Waals surface area (Å²) in [5.41, 5.74) is 0.849. The van der Waals surface area contributed by atoms with Crippen LogP contribution in [-0.2, 0) is 0 Å². The van der Waals surface area contributed by atoms with Crippen LogP contribution in [-0.4, -0.2) is 28.1 Å². The molecule has 1 heterocycles. The molecule has 1 aromatic carbocycles. The fourth-order valence-electron chi connectivity index (χ4n) is 2.48. The van der Waals surface area contributed by atoms with E-state index in [1.54, 1.807) is 0 Å². The predicted molar refractivity (Wildman–Crippen MR) is 75.3 cm³/mol. The van der Waals surface area contributed by atoms with Crippen molar-refractivity contribution in [2.45, 2.75) is 37.8 Å². The second-order valence-corrected chi connectivity index (χ2v) is 5.95. The van der Waals surface area contributed by atoms with Gasteiger partial charge < -0.3 is 10.4 Å². The molecule has 5 heteroatoms. The summed E-state index contributed by atoms with van der Waals surface area (Å²) in [6, 6.07) is 7.58. The molecule has 1 saturated carbocycles. The normalized spacial score (nSPS) is 23.4. The average Bonchev–Trinajstić information content (AvgIpc) is 2.85. The van der Waals surface area contributed by atoms with Gasteiger partial charge in [0.1, 0.15) is 0 Å². The smallest absolute Gasteiger partial charge is 0.280 e. The molecule has 1 fully saturated rings. The van der Waals surface area contributed by atoms with E-state index in [0.29, 0.717) is 5.01 Å². The Labute approximate surface area is 115 Å². The monoisotopic (exact) mass is 276 g/mol. The van der Waals surface area contributed by atoms with E-state index in [1.165, 1.54) is 11.3 Å². The lowest BCUT2D eigenvalue weighted by molar-refractivity contribution is 0.0717. The second kappa shape index (κ2) is 5.27. The maximum atomic E-state index is 12.2. The zero-order chi connectivity index (χ0) is 13.2. The van der Waals surface area contributed by atoms with Crippen LogP contribution >= 0.6 is 11.3 Å². The van der Waals surface area contributed by atoms with Crippen molar-refractivity contribution in [2.24, 2.45) is 0 Å². The van der Waals surface area contributed by atoms with E-state index >= 15 is 0 Å². The van der Waals surface area contributed by atoms with Crippen LogP contribution in [0.15, 0.2) is 24.3 Å². The van der Waals surface area contributed by atoms with Crippen molar-refractivity contribution in [2.75, 3.05) is 0 Å². The second-order valence-electron chi connectivity index (χ2n) is 4.92. The summed E-state index contributed by atoms with van der Waals surface area (Å²) < 4.78 is 1.01. The van der Waals surface area contributed by atoms with Gasteiger partial charge in [0.2, 0.25) is 0 Å². The summed E-state index contributed by atoms with van der Waals surface area (Å²) in [4.78, 5) is 16.5. The average molecular weight is 276 g/mol. The first-order chi connectivity index (χ1) is 9.24. The maximum Gasteiger partial charge on any atom is 0.280 e. The summed E-state index contributed by atoms with van der Waals surface area (Å²) in [6.07, 6.45) is 3.28. The molecule has 0 bridgehead atoms. The number of carbonyl (C=O) groups excluding carboxylic acids is 1. The zero-order valence-electron chi connectivity index (χ0n) is 10.5. The van der Waals surface area contributed by atoms with Gasteiger partial charge in [-0.15, -0.1) is 11.3 Å². The molecule has 0 saturated heterocycles. The fraction of sp³-hybridized carbons (Fsp3) is 0.429. The van der Waals surface area contributed by atoms with Gasteiger partial charge in [-0.2, -0.15) is 0 Å². The highest BCUT2D eigenvalue weighted by Crippen LogP contribution is 2.23. The van der Waals surface area contributed by atoms with Crippen molar-refractivity contribution < 1.29 is 9.90 Å². The number of aliphatic hydroxyl groups excluding tert-OH is 1. The van der Waals surface area contributed by atoms with E-state index in [0.717, 1.165) is 35.9 Å². The highest BCUT2D eigenvalue weighted by Gasteiger charge is 2.25. The molecule has 2 aromatic rings. The number of hydrogen-bond donors (Lipinski definition) is 2. The molecule has 1 aromatic heterocycles. The van der Waals surface area contributed by atoms with Gasteiger partial charge in [-0.05, 0) is 25.0 Å². The Morgan fingerprint density at radius 2 is 2.11 bits per heavy atom. The van der Waals surface area contributed by atoms with E-state index in [2.05, 4.69) is 10.3 Å². The fourth-order valence-corrected chi connectivity index (χ4v) is 3.35. The van der Waals surface area contributed by atoms with Crippen LogP contribution in [0.1, 0.15) is 35.5 Å². The maximum absolute atomic E-state index is 12.2. The molecular formula is C14H16N2O2S. The molecule has 0 radical (unpaired) electrons. The molecule has 2 atom stereocenters. The third-order valence-corrected chi connectivity index (χ3v) is 4.57. The lowest BCUT2D eigenvalue weighted by atomic mass is 9.92. The van der Waals surface area contributed by atoms with Gasteiger partial charge in [-0.1, -0.05) is 25.0 Å². The van der Waals surface area contributed by atoms with Gasteiger partial charge >= 0.3 is 0 Å². The van der Waals surface area contributed by atoms with Gasteiger partial charge in [-0.3, -0.25) is 4.79 Å². The number of aromatic nitrogens is 1. The largest absolute Gasteiger partial charge is 0.391 e. The lowest BCUT2D eigenvalue weighted by Gasteiger charge is -2.27. The predicted octanol–water partition coefficient (Wildman–Crippen LogP) is 2.33. The van der Waals surface area contributed by atoms with Crippen molar-refractivity contribution >= 4 is 27.5 Å². The van der Waals surface area contributed by atoms with Gasteiger partial charge in [0.25, 0.3) is 5.91 Å². The molecule has 1 aliphatic rings. The Morgan fingerprint density at radius 1 is 1.32 bits per heavy atom. The number of benzene rings is 1. The van der Waals surface area contributed by atoms with Gasteiger partial charge in [0.15, 0.2) is 5.01 Å². The van der Waals surface area contributed by atoms with E-state index in [9.17, 15) is 9.90 Å². The third-order valence-electron chi connectivity index (χ3n) is 3.53. The number of amides is 1. The van der Waals surface area contributed by atoms with Crippen molar-refractivity contribution in [3.63, 3.8) is 0 Å². The summed E-state index contributed by atoms with van der Waals surface area (Å²) >= 11 is 1.39. The Balaban J connectivity index is 1.76. The van der Waals surface area contributed by atoms with Crippen LogP contribution < -0.4 is 5.32 Å². The van der Waals surface area contributed by atoms with Crippen molar-refractivity contribution in [3.8, 4) is 0 Å². The number of nitrogens with zero attached hydrogens (tertiary/aromatic N) is 1. The number of hydrogen-bond acceptors (Lipinski definition) is 4. The number of thiazole rings is 1. The van der Waals surface area contributed by atoms with Crippen LogP contribution in [0.4, 0.5) is 0 Å². The van der Waals surface area contributed by atoms with Gasteiger partial charge in [0.05, 0.1) is 22.4 Å². The minimum absolute atomic E-state index is 0.131. The Bertz CT molecular complexity index is 563. The summed E-state index contributed by atoms with van der Waals surface area (Å²) in [5, 5.41) is 13.2. The Hall–Kier alpha value is -1.46. The first-order valence-corrected chi connectivity index (χ1v) is 7.40. The first-order valence-electron chi connectivity index (χ1n) is 6.58. The van der Waals surface area contributed by atoms with E-state index < -0.39 is 6.10 Å². The van der Waals surface area contributed by atoms with Crippen molar-refractivity contribution in [3.05, 3.63) is 29.3 Å². The molecule has 2 unspecified atom stereocenters. The minimum atomic E-state index is -0.424. The number of carbonyl (C=O) groups is 1. The van der Waals surface area contributed by atoms with Crippen molar-refractivity contribution in [1.82, 2.24) is 10.3 Å². The lowest BCUT2D eigenvalue weighted by Crippen LogP contribution is -2.45. The van der Waals surface area contributed by atoms with Crippen LogP contribution in [0, 0.1) is 0 Å². The molecular weight excluding hydrogens is 260 g/mol. The van der Waals surface area contributed by atoms with E-state index in [1.807, 2.05) is 24.3 Å². The zero-order valence-corrected chi connectivity index (χ0v) is 11.3. The van der Waals surface area contributed by atoms with Gasteiger partial charge in [0, 0.05) is 0 Å². The van der Waals surface area contributed by atoms with Crippen LogP contribution in [0.2, 0.25) is 0 Å². The molecule has 3 rings (SSSR count). The van der Waals surface area contributed by atoms with Gasteiger partial charge in [-0.25, -0.2) is 4.98 Å². The molecule has 1 amide bonds. The van der Waals surface area contributed by atoms with Crippen LogP contribution in [0.25, 0.3) is 10.2 Å². The SMILES string of the molecule is O=C(NC1CCCCC1O)c1nc2ccccc2s1. The summed E-state index contributed by atoms with van der Waals surface area (Å²) in [5.74, 6) is -0.174. The molecule has 0 aliphatic heterocycles. The highest BCUT2D eigenvalue weighted by atomic mass is 32.1. The topological polar surface area (TPSA) is 62.2 Å². The summed E-state index contributed by atoms with van der Waals surface area (Å²) in [7, 11) is 0. The number of aliphatic hydroxyl groups is 1. The van der Waals surface area contributed by atoms with Crippen molar-refractivity contribution in [1.29, 1.82) is 0 Å². The van der Waals surface area contributed by atoms with Crippen LogP contribution in [0.5, 0.6) is 0 Å². The minimum Gasteiger partial charge on any atom is -0.391 e. The molecule has 100 valence electrons. The Kier molecular flexibility index (Phi) is 3.48. The van der Waals surface area contributed by atoms with E-state index in [-0.39, 0.29) is 11.9 Å². The molecule has 1 aliphatic carbocycles. The Morgan fingerprint density at radius 3 is 2.89 bits per heavy atom. The number of para-hydroxylation sites is 1. The number of nitrogens with one attached hydrogen (secondary N) is 1. The molecule has 2 N–H and O–H groups in total. The standard InChI is InChI=1S/C14H16N2O2S/c17-11-7-3-1-5-9(11)15-13(18)14-16-10-6-2-4-8-12(10)19-14/h2,4,6,8-9,11,17H,1,3,5,7H2,(H,15,18). The summed E-state index contributed by atoms with van der Waals surface area (Å²) in [6.45, 7) is 0.